The van der Waals surface area contributed by atoms with Gasteiger partial charge >= 0.3 is 0 Å². The van der Waals surface area contributed by atoms with Gasteiger partial charge in [-0.15, -0.1) is 0 Å². The van der Waals surface area contributed by atoms with E-state index in [4.69, 9.17) is 0 Å². The van der Waals surface area contributed by atoms with E-state index in [0.717, 1.165) is 0 Å². The van der Waals surface area contributed by atoms with Crippen molar-refractivity contribution in [3.05, 3.63) is 41.4 Å². The lowest BCUT2D eigenvalue weighted by Crippen LogP contribution is -2.47. The van der Waals surface area contributed by atoms with Crippen molar-refractivity contribution in [1.29, 1.82) is 0 Å². The van der Waals surface area contributed by atoms with Gasteiger partial charge in [-0.2, -0.15) is 0 Å². The Balaban J connectivity index is 1.85. The summed E-state index contributed by atoms with van der Waals surface area (Å²) in [5.74, 6) is 0.696. The molecule has 2 nitrogen and oxygen atoms in total. The summed E-state index contributed by atoms with van der Waals surface area (Å²) in [5, 5.41) is 1.53. The molecule has 1 aliphatic carbocycles. The number of aromatic nitrogens is 1. The van der Waals surface area contributed by atoms with Gasteiger partial charge in [0.1, 0.15) is 0 Å². The summed E-state index contributed by atoms with van der Waals surface area (Å²) < 4.78 is 0. The second-order valence-electron chi connectivity index (χ2n) is 6.40. The summed E-state index contributed by atoms with van der Waals surface area (Å²) >= 11 is 0. The number of nitrogens with zero attached hydrogens (tertiary/aromatic N) is 1. The largest absolute Gasteiger partial charge is 0.358 e. The van der Waals surface area contributed by atoms with Crippen LogP contribution < -0.4 is 0 Å². The van der Waals surface area contributed by atoms with E-state index in [-0.39, 0.29) is 0 Å². The molecule has 2 heteroatoms. The number of nitrogens with one attached hydrogen (secondary N) is 1. The molecule has 1 saturated heterocycles. The van der Waals surface area contributed by atoms with Gasteiger partial charge in [0, 0.05) is 35.1 Å². The lowest BCUT2D eigenvalue weighted by Gasteiger charge is -2.44. The fourth-order valence-corrected chi connectivity index (χ4v) is 4.37. The predicted octanol–water partition coefficient (Wildman–Crippen LogP) is 3.80. The molecule has 1 fully saturated rings. The Labute approximate surface area is 121 Å². The smallest absolute Gasteiger partial charge is 0.0461 e. The summed E-state index contributed by atoms with van der Waals surface area (Å²) in [5.41, 5.74) is 5.85. The molecule has 0 spiro atoms. The fraction of sp³-hybridized carbons (Fsp3) is 0.500. The summed E-state index contributed by atoms with van der Waals surface area (Å²) in [6, 6.07) is 7.51. The number of benzene rings is 1. The molecule has 1 aliphatic heterocycles. The van der Waals surface area contributed by atoms with Gasteiger partial charge in [0.25, 0.3) is 0 Å². The van der Waals surface area contributed by atoms with Crippen molar-refractivity contribution in [2.45, 2.75) is 45.1 Å². The maximum Gasteiger partial charge on any atom is 0.0461 e. The number of fused-ring (bicyclic) bond motifs is 2. The van der Waals surface area contributed by atoms with E-state index in [1.807, 2.05) is 0 Å². The highest BCUT2D eigenvalue weighted by Crippen LogP contribution is 2.44. The van der Waals surface area contributed by atoms with Crippen molar-refractivity contribution < 1.29 is 0 Å². The van der Waals surface area contributed by atoms with Gasteiger partial charge < -0.3 is 4.98 Å². The first-order valence-corrected chi connectivity index (χ1v) is 7.95. The molecule has 2 aromatic rings. The van der Waals surface area contributed by atoms with E-state index in [1.54, 1.807) is 11.1 Å². The Morgan fingerprint density at radius 2 is 2.25 bits per heavy atom. The molecule has 2 heterocycles. The molecule has 0 bridgehead atoms. The van der Waals surface area contributed by atoms with Crippen LogP contribution >= 0.6 is 0 Å². The molecule has 1 aromatic heterocycles. The van der Waals surface area contributed by atoms with Crippen LogP contribution in [0.2, 0.25) is 0 Å². The van der Waals surface area contributed by atoms with Crippen molar-refractivity contribution in [1.82, 2.24) is 9.88 Å². The standard InChI is InChI=1S/C18H23N2/c1-3-9-20-10-5-7-13-14-6-4-8-16-18(14)15(11-17(13)20)12(2)19-16/h4-6,8,13,17,19H,3,7,9-11H2,1-2H3/t13?,17-/m1/s1. The van der Waals surface area contributed by atoms with Crippen LogP contribution in [0, 0.1) is 13.3 Å². The number of aryl methyl sites for hydroxylation is 1. The molecule has 1 aromatic carbocycles. The van der Waals surface area contributed by atoms with Gasteiger partial charge in [-0.1, -0.05) is 19.1 Å². The number of hydrogen-bond donors (Lipinski definition) is 1. The molecule has 20 heavy (non-hydrogen) atoms. The maximum atomic E-state index is 3.59. The van der Waals surface area contributed by atoms with Crippen LogP contribution in [-0.4, -0.2) is 29.0 Å². The average molecular weight is 267 g/mol. The van der Waals surface area contributed by atoms with E-state index < -0.39 is 0 Å². The van der Waals surface area contributed by atoms with Crippen LogP contribution in [0.25, 0.3) is 10.9 Å². The summed E-state index contributed by atoms with van der Waals surface area (Å²) in [6.07, 6.45) is 6.20. The van der Waals surface area contributed by atoms with Crippen LogP contribution in [0.1, 0.15) is 42.5 Å². The highest BCUT2D eigenvalue weighted by molar-refractivity contribution is 5.89. The molecule has 2 aliphatic rings. The zero-order valence-corrected chi connectivity index (χ0v) is 12.4. The zero-order chi connectivity index (χ0) is 13.7. The van der Waals surface area contributed by atoms with Crippen LogP contribution in [0.5, 0.6) is 0 Å². The van der Waals surface area contributed by atoms with Crippen molar-refractivity contribution in [2.24, 2.45) is 0 Å². The van der Waals surface area contributed by atoms with E-state index in [9.17, 15) is 0 Å². The van der Waals surface area contributed by atoms with Crippen LogP contribution in [0.4, 0.5) is 0 Å². The highest BCUT2D eigenvalue weighted by Gasteiger charge is 2.37. The first-order valence-electron chi connectivity index (χ1n) is 7.95. The van der Waals surface area contributed by atoms with E-state index in [0.29, 0.717) is 12.0 Å². The van der Waals surface area contributed by atoms with E-state index in [1.165, 1.54) is 48.9 Å². The normalized spacial score (nSPS) is 25.9. The lowest BCUT2D eigenvalue weighted by molar-refractivity contribution is 0.151. The number of piperidine rings is 1. The molecule has 0 saturated carbocycles. The van der Waals surface area contributed by atoms with Gasteiger partial charge in [-0.3, -0.25) is 4.90 Å². The molecular weight excluding hydrogens is 244 g/mol. The zero-order valence-electron chi connectivity index (χ0n) is 12.4. The predicted molar refractivity (Wildman–Crippen MR) is 84.0 cm³/mol. The summed E-state index contributed by atoms with van der Waals surface area (Å²) in [6.45, 7) is 6.93. The number of hydrogen-bond acceptors (Lipinski definition) is 1. The van der Waals surface area contributed by atoms with E-state index in [2.05, 4.69) is 48.4 Å². The second kappa shape index (κ2) is 4.63. The van der Waals surface area contributed by atoms with Crippen LogP contribution in [0.3, 0.4) is 0 Å². The SMILES string of the molecule is CCCN1C[CH]CC2c3cccc4[nH]c(C)c(c34)C[C@H]21. The Kier molecular flexibility index (Phi) is 2.88. The third-order valence-corrected chi connectivity index (χ3v) is 5.21. The monoisotopic (exact) mass is 267 g/mol. The van der Waals surface area contributed by atoms with Gasteiger partial charge in [0.2, 0.25) is 0 Å². The Bertz CT molecular complexity index is 638. The van der Waals surface area contributed by atoms with Crippen molar-refractivity contribution >= 4 is 10.9 Å². The minimum atomic E-state index is 0.696. The molecule has 0 amide bonds. The Morgan fingerprint density at radius 3 is 3.10 bits per heavy atom. The van der Waals surface area contributed by atoms with Gasteiger partial charge in [0.15, 0.2) is 0 Å². The Morgan fingerprint density at radius 1 is 1.35 bits per heavy atom. The maximum absolute atomic E-state index is 3.59. The lowest BCUT2D eigenvalue weighted by atomic mass is 9.74. The second-order valence-corrected chi connectivity index (χ2v) is 6.40. The molecule has 1 N–H and O–H groups in total. The average Bonchev–Trinajstić information content (AvgIpc) is 2.78. The molecule has 1 unspecified atom stereocenters. The van der Waals surface area contributed by atoms with Crippen molar-refractivity contribution in [3.8, 4) is 0 Å². The fourth-order valence-electron chi connectivity index (χ4n) is 4.37. The molecule has 2 atom stereocenters. The van der Waals surface area contributed by atoms with Gasteiger partial charge in [-0.25, -0.2) is 0 Å². The molecule has 105 valence electrons. The summed E-state index contributed by atoms with van der Waals surface area (Å²) in [4.78, 5) is 6.28. The van der Waals surface area contributed by atoms with Gasteiger partial charge in [-0.05, 0) is 56.3 Å². The first-order chi connectivity index (χ1) is 9.79. The topological polar surface area (TPSA) is 19.0 Å². The quantitative estimate of drug-likeness (QED) is 0.876. The third-order valence-electron chi connectivity index (χ3n) is 5.21. The van der Waals surface area contributed by atoms with Crippen LogP contribution in [0.15, 0.2) is 18.2 Å². The third kappa shape index (κ3) is 1.67. The van der Waals surface area contributed by atoms with Gasteiger partial charge in [0.05, 0.1) is 0 Å². The minimum Gasteiger partial charge on any atom is -0.358 e. The van der Waals surface area contributed by atoms with E-state index >= 15 is 0 Å². The molecular formula is C18H23N2. The molecule has 1 radical (unpaired) electrons. The molecule has 4 rings (SSSR count). The first kappa shape index (κ1) is 12.5. The number of rotatable bonds is 2. The highest BCUT2D eigenvalue weighted by atomic mass is 15.2. The summed E-state index contributed by atoms with van der Waals surface area (Å²) in [7, 11) is 0. The Hall–Kier alpha value is -1.28. The number of likely N-dealkylation sites (tertiary alicyclic amines) is 1. The minimum absolute atomic E-state index is 0.696. The van der Waals surface area contributed by atoms with Crippen molar-refractivity contribution in [3.63, 3.8) is 0 Å². The van der Waals surface area contributed by atoms with Crippen molar-refractivity contribution in [2.75, 3.05) is 13.1 Å². The van der Waals surface area contributed by atoms with Crippen LogP contribution in [-0.2, 0) is 6.42 Å². The number of H-pyrrole nitrogens is 1. The number of aromatic amines is 1.